The molecule has 1 aromatic rings. The maximum Gasteiger partial charge on any atom is 1.00 e. The number of ketones is 1. The summed E-state index contributed by atoms with van der Waals surface area (Å²) in [4.78, 5) is 32.1. The van der Waals surface area contributed by atoms with Crippen molar-refractivity contribution in [2.45, 2.75) is 51.4 Å². The molecule has 0 spiro atoms. The minimum Gasteiger partial charge on any atom is -0.746 e. The number of carbonyl (C=O) groups excluding carboxylic acids is 1. The number of benzene rings is 1. The molecule has 0 bridgehead atoms. The van der Waals surface area contributed by atoms with E-state index < -0.39 is 7.82 Å². The molecular formula is C18H22NaO5P. The monoisotopic (exact) mass is 372 g/mol. The molecule has 0 saturated heterocycles. The number of carbonyl (C=O) groups is 1. The Bertz CT molecular complexity index is 745. The fourth-order valence-electron chi connectivity index (χ4n) is 5.52. The average Bonchev–Trinajstić information content (AvgIpc) is 2.81. The van der Waals surface area contributed by atoms with Crippen LogP contribution in [0.2, 0.25) is 0 Å². The fourth-order valence-corrected chi connectivity index (χ4v) is 5.90. The third-order valence-electron chi connectivity index (χ3n) is 6.63. The van der Waals surface area contributed by atoms with Gasteiger partial charge in [0.2, 0.25) is 0 Å². The second-order valence-corrected chi connectivity index (χ2v) is 8.87. The Morgan fingerprint density at radius 3 is 2.76 bits per heavy atom. The van der Waals surface area contributed by atoms with Crippen LogP contribution in [-0.2, 0) is 15.8 Å². The Labute approximate surface area is 170 Å². The third-order valence-corrected chi connectivity index (χ3v) is 7.07. The average molecular weight is 372 g/mol. The minimum absolute atomic E-state index is 0. The molecule has 3 aliphatic rings. The molecule has 0 aliphatic heterocycles. The van der Waals surface area contributed by atoms with Crippen molar-refractivity contribution in [3.8, 4) is 5.75 Å². The Balaban J connectivity index is 0.00000182. The van der Waals surface area contributed by atoms with Crippen LogP contribution in [0.3, 0.4) is 0 Å². The number of hydrogen-bond donors (Lipinski definition) is 1. The second-order valence-electron chi connectivity index (χ2n) is 7.75. The standard InChI is InChI=1S/C18H23O5P.Na/c1-18-9-8-14-13-5-3-12(23-24(20,21)22)10-11(13)2-4-15(14)16(18)6-7-17(18)19;/h3,5,10,14-16H,2,4,6-9H2,1H3,(H2,20,21,22);/q;+1/p-1/t14-,15-,16+,18+;/m1./s1. The Kier molecular flexibility index (Phi) is 5.31. The number of fused-ring (bicyclic) bond motifs is 5. The van der Waals surface area contributed by atoms with Gasteiger partial charge in [0.05, 0.1) is 0 Å². The molecule has 1 aromatic carbocycles. The van der Waals surface area contributed by atoms with Crippen molar-refractivity contribution in [3.05, 3.63) is 29.3 Å². The Morgan fingerprint density at radius 2 is 2.04 bits per heavy atom. The molecule has 7 heteroatoms. The number of phosphoric ester groups is 1. The van der Waals surface area contributed by atoms with Crippen LogP contribution in [-0.4, -0.2) is 10.7 Å². The van der Waals surface area contributed by atoms with E-state index in [9.17, 15) is 14.3 Å². The Hall–Kier alpha value is -0.160. The van der Waals surface area contributed by atoms with E-state index in [0.29, 0.717) is 23.5 Å². The van der Waals surface area contributed by atoms with Crippen LogP contribution in [0.1, 0.15) is 56.1 Å². The van der Waals surface area contributed by atoms with E-state index in [1.54, 1.807) is 12.1 Å². The van der Waals surface area contributed by atoms with E-state index in [1.807, 2.05) is 6.07 Å². The number of hydrogen-bond acceptors (Lipinski definition) is 4. The van der Waals surface area contributed by atoms with Gasteiger partial charge in [-0.2, -0.15) is 0 Å². The first kappa shape index (κ1) is 19.6. The third kappa shape index (κ3) is 3.40. The second kappa shape index (κ2) is 6.78. The van der Waals surface area contributed by atoms with Crippen LogP contribution in [0.5, 0.6) is 5.75 Å². The molecule has 0 heterocycles. The summed E-state index contributed by atoms with van der Waals surface area (Å²) in [5, 5.41) is 0. The maximum absolute atomic E-state index is 12.3. The molecule has 3 aliphatic carbocycles. The van der Waals surface area contributed by atoms with Gasteiger partial charge < -0.3 is 14.3 Å². The van der Waals surface area contributed by atoms with Crippen molar-refractivity contribution in [2.75, 3.05) is 0 Å². The van der Waals surface area contributed by atoms with Crippen LogP contribution in [0, 0.1) is 17.3 Å². The molecule has 1 N–H and O–H groups in total. The van der Waals surface area contributed by atoms with E-state index in [1.165, 1.54) is 5.56 Å². The quantitative estimate of drug-likeness (QED) is 0.581. The van der Waals surface area contributed by atoms with Gasteiger partial charge in [-0.15, -0.1) is 0 Å². The summed E-state index contributed by atoms with van der Waals surface area (Å²) in [6, 6.07) is 5.30. The minimum atomic E-state index is -4.77. The molecule has 25 heavy (non-hydrogen) atoms. The SMILES string of the molecule is C[C@]12CC[C@@H]3c4ccc(OP(=O)([O-])O)cc4CC[C@H]3[C@@H]1CCC2=O.[Na+]. The van der Waals surface area contributed by atoms with Crippen molar-refractivity contribution < 1.29 is 53.2 Å². The van der Waals surface area contributed by atoms with Crippen molar-refractivity contribution in [1.29, 1.82) is 0 Å². The topological polar surface area (TPSA) is 86.7 Å². The molecular weight excluding hydrogens is 350 g/mol. The zero-order valence-corrected chi connectivity index (χ0v) is 17.6. The molecule has 2 fully saturated rings. The van der Waals surface area contributed by atoms with Crippen LogP contribution < -0.4 is 39.0 Å². The van der Waals surface area contributed by atoms with Gasteiger partial charge in [0, 0.05) is 11.8 Å². The van der Waals surface area contributed by atoms with Crippen LogP contribution in [0.15, 0.2) is 18.2 Å². The number of aryl methyl sites for hydroxylation is 1. The molecule has 0 amide bonds. The zero-order valence-electron chi connectivity index (χ0n) is 14.7. The summed E-state index contributed by atoms with van der Waals surface area (Å²) in [6.07, 6.45) is 5.58. The molecule has 0 aromatic heterocycles. The van der Waals surface area contributed by atoms with Crippen LogP contribution in [0.4, 0.5) is 0 Å². The van der Waals surface area contributed by atoms with E-state index in [0.717, 1.165) is 44.1 Å². The molecule has 0 radical (unpaired) electrons. The summed E-state index contributed by atoms with van der Waals surface area (Å²) in [7, 11) is -4.77. The first-order valence-electron chi connectivity index (χ1n) is 8.67. The van der Waals surface area contributed by atoms with Gasteiger partial charge >= 0.3 is 37.4 Å². The normalized spacial score (nSPS) is 35.6. The fraction of sp³-hybridized carbons (Fsp3) is 0.611. The van der Waals surface area contributed by atoms with Gasteiger partial charge in [-0.05, 0) is 73.1 Å². The van der Waals surface area contributed by atoms with Gasteiger partial charge in [-0.1, -0.05) is 13.0 Å². The van der Waals surface area contributed by atoms with Crippen molar-refractivity contribution >= 4 is 13.6 Å². The molecule has 5 nitrogen and oxygen atoms in total. The first-order chi connectivity index (χ1) is 11.3. The number of Topliss-reactive ketones (excluding diaryl/α,β-unsaturated/α-hetero) is 1. The maximum atomic E-state index is 12.3. The van der Waals surface area contributed by atoms with Crippen LogP contribution >= 0.6 is 7.82 Å². The summed E-state index contributed by atoms with van der Waals surface area (Å²) < 4.78 is 15.5. The smallest absolute Gasteiger partial charge is 0.746 e. The van der Waals surface area contributed by atoms with E-state index in [4.69, 9.17) is 4.89 Å². The predicted molar refractivity (Wildman–Crippen MR) is 86.5 cm³/mol. The first-order valence-corrected chi connectivity index (χ1v) is 10.2. The van der Waals surface area contributed by atoms with Gasteiger partial charge in [-0.3, -0.25) is 9.36 Å². The van der Waals surface area contributed by atoms with Crippen molar-refractivity contribution in [1.82, 2.24) is 0 Å². The van der Waals surface area contributed by atoms with Crippen molar-refractivity contribution in [3.63, 3.8) is 0 Å². The number of phosphoric acid groups is 1. The molecule has 2 saturated carbocycles. The largest absolute Gasteiger partial charge is 1.00 e. The molecule has 5 atom stereocenters. The van der Waals surface area contributed by atoms with Gasteiger partial charge in [-0.25, -0.2) is 0 Å². The Morgan fingerprint density at radius 1 is 1.28 bits per heavy atom. The summed E-state index contributed by atoms with van der Waals surface area (Å²) in [5.41, 5.74) is 2.24. The summed E-state index contributed by atoms with van der Waals surface area (Å²) >= 11 is 0. The molecule has 130 valence electrons. The zero-order chi connectivity index (χ0) is 17.1. The van der Waals surface area contributed by atoms with Crippen LogP contribution in [0.25, 0.3) is 0 Å². The predicted octanol–water partition coefficient (Wildman–Crippen LogP) is -0.0447. The van der Waals surface area contributed by atoms with E-state index in [2.05, 4.69) is 11.4 Å². The molecule has 4 rings (SSSR count). The summed E-state index contributed by atoms with van der Waals surface area (Å²) in [6.45, 7) is 2.16. The number of rotatable bonds is 2. The van der Waals surface area contributed by atoms with E-state index in [-0.39, 0.29) is 40.7 Å². The summed E-state index contributed by atoms with van der Waals surface area (Å²) in [5.74, 6) is 2.07. The van der Waals surface area contributed by atoms with Gasteiger partial charge in [0.1, 0.15) is 11.5 Å². The van der Waals surface area contributed by atoms with Crippen molar-refractivity contribution in [2.24, 2.45) is 17.3 Å². The van der Waals surface area contributed by atoms with Gasteiger partial charge in [0.25, 0.3) is 0 Å². The molecule has 1 unspecified atom stereocenters. The van der Waals surface area contributed by atoms with E-state index >= 15 is 0 Å². The van der Waals surface area contributed by atoms with Gasteiger partial charge in [0.15, 0.2) is 0 Å².